The van der Waals surface area contributed by atoms with Crippen LogP contribution in [0.25, 0.3) is 0 Å². The van der Waals surface area contributed by atoms with Crippen LogP contribution in [0.4, 0.5) is 0 Å². The van der Waals surface area contributed by atoms with E-state index < -0.39 is 0 Å². The van der Waals surface area contributed by atoms with E-state index in [0.29, 0.717) is 6.04 Å². The highest BCUT2D eigenvalue weighted by Gasteiger charge is 2.16. The molecule has 0 radical (unpaired) electrons. The topological polar surface area (TPSA) is 55.6 Å². The molecule has 1 aliphatic heterocycles. The van der Waals surface area contributed by atoms with Gasteiger partial charge in [-0.2, -0.15) is 0 Å². The van der Waals surface area contributed by atoms with E-state index >= 15 is 0 Å². The van der Waals surface area contributed by atoms with Gasteiger partial charge in [0.15, 0.2) is 5.82 Å². The molecule has 1 fully saturated rings. The average molecular weight is 167 g/mol. The minimum Gasteiger partial charge on any atom is -0.314 e. The van der Waals surface area contributed by atoms with E-state index in [1.54, 1.807) is 4.68 Å². The zero-order valence-corrected chi connectivity index (χ0v) is 7.19. The highest BCUT2D eigenvalue weighted by atomic mass is 15.5. The summed E-state index contributed by atoms with van der Waals surface area (Å²) in [7, 11) is 1.88. The molecule has 0 amide bonds. The van der Waals surface area contributed by atoms with Crippen LogP contribution in [0.1, 0.15) is 18.7 Å². The summed E-state index contributed by atoms with van der Waals surface area (Å²) in [5.74, 6) is 0.967. The highest BCUT2D eigenvalue weighted by Crippen LogP contribution is 2.08. The molecule has 0 spiro atoms. The van der Waals surface area contributed by atoms with Crippen LogP contribution in [0.3, 0.4) is 0 Å². The van der Waals surface area contributed by atoms with Crippen molar-refractivity contribution in [2.24, 2.45) is 7.05 Å². The Morgan fingerprint density at radius 1 is 1.67 bits per heavy atom. The number of tetrazole rings is 1. The van der Waals surface area contributed by atoms with Gasteiger partial charge >= 0.3 is 0 Å². The van der Waals surface area contributed by atoms with Gasteiger partial charge in [-0.05, 0) is 29.8 Å². The van der Waals surface area contributed by atoms with Crippen LogP contribution in [-0.2, 0) is 13.5 Å². The standard InChI is InChI=1S/C7H13N5/c1-12-7(9-10-11-12)5-6-3-2-4-8-6/h6,8H,2-5H2,1H3/t6-/m0/s1. The lowest BCUT2D eigenvalue weighted by Crippen LogP contribution is -2.25. The SMILES string of the molecule is Cn1nnnc1C[C@@H]1CCCN1. The fraction of sp³-hybridized carbons (Fsp3) is 0.857. The Kier molecular flexibility index (Phi) is 2.03. The summed E-state index contributed by atoms with van der Waals surface area (Å²) in [5.41, 5.74) is 0. The third-order valence-electron chi connectivity index (χ3n) is 2.30. The van der Waals surface area contributed by atoms with Crippen molar-refractivity contribution in [1.82, 2.24) is 25.5 Å². The fourth-order valence-corrected chi connectivity index (χ4v) is 1.57. The Bertz CT molecular complexity index is 250. The molecule has 66 valence electrons. The summed E-state index contributed by atoms with van der Waals surface area (Å²) in [6, 6.07) is 0.578. The first kappa shape index (κ1) is 7.67. The number of aromatic nitrogens is 4. The molecule has 1 aromatic heterocycles. The summed E-state index contributed by atoms with van der Waals surface area (Å²) in [4.78, 5) is 0. The van der Waals surface area contributed by atoms with Crippen LogP contribution < -0.4 is 5.32 Å². The van der Waals surface area contributed by atoms with Crippen LogP contribution in [0, 0.1) is 0 Å². The van der Waals surface area contributed by atoms with E-state index in [2.05, 4.69) is 20.8 Å². The maximum absolute atomic E-state index is 3.94. The third kappa shape index (κ3) is 1.45. The maximum atomic E-state index is 3.94. The quantitative estimate of drug-likeness (QED) is 0.645. The predicted octanol–water partition coefficient (Wildman–Crippen LogP) is -0.495. The second-order valence-corrected chi connectivity index (χ2v) is 3.22. The Labute approximate surface area is 71.1 Å². The molecule has 1 N–H and O–H groups in total. The molecule has 0 saturated carbocycles. The molecule has 2 rings (SSSR count). The first-order chi connectivity index (χ1) is 5.86. The van der Waals surface area contributed by atoms with Crippen molar-refractivity contribution >= 4 is 0 Å². The minimum atomic E-state index is 0.578. The van der Waals surface area contributed by atoms with E-state index in [9.17, 15) is 0 Å². The molecule has 0 aromatic carbocycles. The van der Waals surface area contributed by atoms with Gasteiger partial charge in [0.1, 0.15) is 0 Å². The predicted molar refractivity (Wildman–Crippen MR) is 43.5 cm³/mol. The number of hydrogen-bond donors (Lipinski definition) is 1. The van der Waals surface area contributed by atoms with Crippen molar-refractivity contribution in [2.75, 3.05) is 6.54 Å². The van der Waals surface area contributed by atoms with Crippen LogP contribution >= 0.6 is 0 Å². The highest BCUT2D eigenvalue weighted by molar-refractivity contribution is 4.88. The van der Waals surface area contributed by atoms with E-state index in [4.69, 9.17) is 0 Å². The van der Waals surface area contributed by atoms with E-state index in [1.807, 2.05) is 7.05 Å². The zero-order valence-electron chi connectivity index (χ0n) is 7.19. The number of hydrogen-bond acceptors (Lipinski definition) is 4. The molecule has 0 unspecified atom stereocenters. The van der Waals surface area contributed by atoms with Crippen LogP contribution in [0.15, 0.2) is 0 Å². The molecule has 0 aliphatic carbocycles. The first-order valence-corrected chi connectivity index (χ1v) is 4.31. The summed E-state index contributed by atoms with van der Waals surface area (Å²) >= 11 is 0. The van der Waals surface area contributed by atoms with Crippen molar-refractivity contribution in [3.8, 4) is 0 Å². The Hall–Kier alpha value is -0.970. The molecular weight excluding hydrogens is 154 g/mol. The molecule has 1 aliphatic rings. The average Bonchev–Trinajstić information content (AvgIpc) is 2.65. The largest absolute Gasteiger partial charge is 0.314 e. The Morgan fingerprint density at radius 3 is 3.17 bits per heavy atom. The lowest BCUT2D eigenvalue weighted by atomic mass is 10.1. The van der Waals surface area contributed by atoms with Gasteiger partial charge in [-0.1, -0.05) is 0 Å². The Morgan fingerprint density at radius 2 is 2.58 bits per heavy atom. The van der Waals surface area contributed by atoms with Crippen molar-refractivity contribution in [3.05, 3.63) is 5.82 Å². The van der Waals surface area contributed by atoms with Gasteiger partial charge in [0.05, 0.1) is 0 Å². The lowest BCUT2D eigenvalue weighted by Gasteiger charge is -2.07. The van der Waals surface area contributed by atoms with E-state index in [0.717, 1.165) is 18.8 Å². The second-order valence-electron chi connectivity index (χ2n) is 3.22. The maximum Gasteiger partial charge on any atom is 0.152 e. The summed E-state index contributed by atoms with van der Waals surface area (Å²) in [5, 5.41) is 14.7. The van der Waals surface area contributed by atoms with Gasteiger partial charge in [-0.15, -0.1) is 5.10 Å². The molecule has 0 bridgehead atoms. The number of nitrogens with one attached hydrogen (secondary N) is 1. The summed E-state index contributed by atoms with van der Waals surface area (Å²) in [6.07, 6.45) is 3.46. The number of nitrogens with zero attached hydrogens (tertiary/aromatic N) is 4. The van der Waals surface area contributed by atoms with Gasteiger partial charge in [0.25, 0.3) is 0 Å². The van der Waals surface area contributed by atoms with Crippen molar-refractivity contribution < 1.29 is 0 Å². The van der Waals surface area contributed by atoms with Crippen LogP contribution in [-0.4, -0.2) is 32.8 Å². The zero-order chi connectivity index (χ0) is 8.39. The van der Waals surface area contributed by atoms with Gasteiger partial charge in [0.2, 0.25) is 0 Å². The second kappa shape index (κ2) is 3.18. The minimum absolute atomic E-state index is 0.578. The number of rotatable bonds is 2. The number of aryl methyl sites for hydroxylation is 1. The van der Waals surface area contributed by atoms with Gasteiger partial charge in [-0.25, -0.2) is 4.68 Å². The van der Waals surface area contributed by atoms with E-state index in [1.165, 1.54) is 12.8 Å². The molecule has 5 heteroatoms. The lowest BCUT2D eigenvalue weighted by molar-refractivity contribution is 0.561. The van der Waals surface area contributed by atoms with Gasteiger partial charge in [0, 0.05) is 19.5 Å². The van der Waals surface area contributed by atoms with Crippen molar-refractivity contribution in [1.29, 1.82) is 0 Å². The van der Waals surface area contributed by atoms with E-state index in [-0.39, 0.29) is 0 Å². The molecule has 1 aromatic rings. The first-order valence-electron chi connectivity index (χ1n) is 4.31. The molecule has 12 heavy (non-hydrogen) atoms. The smallest absolute Gasteiger partial charge is 0.152 e. The van der Waals surface area contributed by atoms with Crippen molar-refractivity contribution in [2.45, 2.75) is 25.3 Å². The van der Waals surface area contributed by atoms with Crippen molar-refractivity contribution in [3.63, 3.8) is 0 Å². The normalized spacial score (nSPS) is 23.2. The van der Waals surface area contributed by atoms with Crippen LogP contribution in [0.2, 0.25) is 0 Å². The van der Waals surface area contributed by atoms with Crippen LogP contribution in [0.5, 0.6) is 0 Å². The van der Waals surface area contributed by atoms with Gasteiger partial charge in [-0.3, -0.25) is 0 Å². The monoisotopic (exact) mass is 167 g/mol. The summed E-state index contributed by atoms with van der Waals surface area (Å²) in [6.45, 7) is 1.13. The molecule has 2 heterocycles. The molecular formula is C7H13N5. The fourth-order valence-electron chi connectivity index (χ4n) is 1.57. The molecule has 5 nitrogen and oxygen atoms in total. The summed E-state index contributed by atoms with van der Waals surface area (Å²) < 4.78 is 1.74. The third-order valence-corrected chi connectivity index (χ3v) is 2.30. The Balaban J connectivity index is 1.98. The van der Waals surface area contributed by atoms with Gasteiger partial charge < -0.3 is 5.32 Å². The molecule has 1 saturated heterocycles. The molecule has 1 atom stereocenters.